The number of amides is 1. The molecule has 1 aromatic heterocycles. The van der Waals surface area contributed by atoms with Crippen molar-refractivity contribution in [1.82, 2.24) is 10.3 Å². The summed E-state index contributed by atoms with van der Waals surface area (Å²) in [5, 5.41) is 10.8. The van der Waals surface area contributed by atoms with Crippen molar-refractivity contribution in [2.24, 2.45) is 10.2 Å². The maximum absolute atomic E-state index is 11.9. The summed E-state index contributed by atoms with van der Waals surface area (Å²) in [4.78, 5) is 18.7. The molecule has 1 N–H and O–H groups in total. The lowest BCUT2D eigenvalue weighted by atomic mass is 10.1. The van der Waals surface area contributed by atoms with E-state index in [1.807, 2.05) is 25.3 Å². The Morgan fingerprint density at radius 2 is 2.14 bits per heavy atom. The van der Waals surface area contributed by atoms with Gasteiger partial charge >= 0.3 is 0 Å². The van der Waals surface area contributed by atoms with Gasteiger partial charge in [0.15, 0.2) is 5.66 Å². The molecule has 112 valence electrons. The monoisotopic (exact) mass is 287 g/mol. The van der Waals surface area contributed by atoms with Crippen LogP contribution in [0.4, 0.5) is 5.82 Å². The minimum Gasteiger partial charge on any atom is -0.356 e. The summed E-state index contributed by atoms with van der Waals surface area (Å²) >= 11 is 0. The van der Waals surface area contributed by atoms with E-state index in [0.29, 0.717) is 19.4 Å². The lowest BCUT2D eigenvalue weighted by molar-refractivity contribution is -0.121. The van der Waals surface area contributed by atoms with Crippen LogP contribution in [0.2, 0.25) is 0 Å². The molecule has 6 heteroatoms. The fourth-order valence-corrected chi connectivity index (χ4v) is 2.60. The van der Waals surface area contributed by atoms with Crippen molar-refractivity contribution >= 4 is 11.7 Å². The van der Waals surface area contributed by atoms with Crippen LogP contribution in [0.5, 0.6) is 0 Å². The van der Waals surface area contributed by atoms with Crippen LogP contribution in [0.15, 0.2) is 28.6 Å². The van der Waals surface area contributed by atoms with E-state index in [9.17, 15) is 4.79 Å². The fraction of sp³-hybridized carbons (Fsp3) is 0.600. The highest BCUT2D eigenvalue weighted by molar-refractivity contribution is 5.76. The van der Waals surface area contributed by atoms with E-state index in [1.165, 1.54) is 12.8 Å². The van der Waals surface area contributed by atoms with Gasteiger partial charge < -0.3 is 10.2 Å². The number of carbonyl (C=O) groups excluding carboxylic acids is 1. The Bertz CT molecular complexity index is 545. The van der Waals surface area contributed by atoms with Gasteiger partial charge in [-0.1, -0.05) is 6.07 Å². The lowest BCUT2D eigenvalue weighted by Crippen LogP contribution is -2.26. The van der Waals surface area contributed by atoms with Gasteiger partial charge in [-0.2, -0.15) is 10.2 Å². The maximum Gasteiger partial charge on any atom is 0.220 e. The Balaban J connectivity index is 1.53. The molecule has 1 amide bonds. The van der Waals surface area contributed by atoms with Crippen molar-refractivity contribution in [3.05, 3.63) is 23.9 Å². The second kappa shape index (κ2) is 5.79. The molecule has 0 atom stereocenters. The highest BCUT2D eigenvalue weighted by Gasteiger charge is 2.33. The first-order chi connectivity index (χ1) is 10.2. The van der Waals surface area contributed by atoms with Crippen LogP contribution < -0.4 is 10.2 Å². The van der Waals surface area contributed by atoms with Crippen molar-refractivity contribution in [3.8, 4) is 0 Å². The largest absolute Gasteiger partial charge is 0.356 e. The molecule has 0 unspecified atom stereocenters. The third-order valence-electron chi connectivity index (χ3n) is 4.02. The van der Waals surface area contributed by atoms with Crippen LogP contribution in [0.25, 0.3) is 0 Å². The molecule has 3 rings (SSSR count). The van der Waals surface area contributed by atoms with Crippen LogP contribution in [0, 0.1) is 0 Å². The molecule has 1 fully saturated rings. The van der Waals surface area contributed by atoms with Crippen molar-refractivity contribution in [3.63, 3.8) is 0 Å². The van der Waals surface area contributed by atoms with E-state index in [0.717, 1.165) is 24.5 Å². The number of pyridine rings is 1. The molecule has 0 aromatic carbocycles. The summed E-state index contributed by atoms with van der Waals surface area (Å²) in [5.41, 5.74) is 0.784. The zero-order chi connectivity index (χ0) is 14.7. The molecular formula is C15H21N5O. The predicted octanol–water partition coefficient (Wildman–Crippen LogP) is 2.26. The summed E-state index contributed by atoms with van der Waals surface area (Å²) in [6.45, 7) is 4.58. The molecular weight excluding hydrogens is 266 g/mol. The van der Waals surface area contributed by atoms with Gasteiger partial charge in [0.05, 0.1) is 0 Å². The van der Waals surface area contributed by atoms with Gasteiger partial charge in [-0.25, -0.2) is 4.98 Å². The smallest absolute Gasteiger partial charge is 0.220 e. The molecule has 0 radical (unpaired) electrons. The van der Waals surface area contributed by atoms with Gasteiger partial charge in [-0.15, -0.1) is 0 Å². The van der Waals surface area contributed by atoms with Crippen LogP contribution >= 0.6 is 0 Å². The molecule has 0 aliphatic carbocycles. The van der Waals surface area contributed by atoms with Crippen molar-refractivity contribution in [2.45, 2.75) is 44.8 Å². The van der Waals surface area contributed by atoms with Gasteiger partial charge in [0.2, 0.25) is 5.91 Å². The minimum absolute atomic E-state index is 0.0461. The van der Waals surface area contributed by atoms with E-state index >= 15 is 0 Å². The summed E-state index contributed by atoms with van der Waals surface area (Å²) < 4.78 is 0. The van der Waals surface area contributed by atoms with Gasteiger partial charge in [-0.3, -0.25) is 4.79 Å². The number of anilines is 1. The lowest BCUT2D eigenvalue weighted by Gasteiger charge is -2.20. The summed E-state index contributed by atoms with van der Waals surface area (Å²) in [7, 11) is 0. The second-order valence-corrected chi connectivity index (χ2v) is 5.87. The normalized spacial score (nSPS) is 18.8. The van der Waals surface area contributed by atoms with Crippen molar-refractivity contribution in [1.29, 1.82) is 0 Å². The molecule has 1 saturated heterocycles. The van der Waals surface area contributed by atoms with Crippen LogP contribution in [0.1, 0.15) is 38.2 Å². The molecule has 2 aliphatic heterocycles. The number of nitrogens with one attached hydrogen (secondary N) is 1. The minimum atomic E-state index is -0.299. The quantitative estimate of drug-likeness (QED) is 0.872. The van der Waals surface area contributed by atoms with E-state index < -0.39 is 0 Å². The van der Waals surface area contributed by atoms with Crippen LogP contribution in [-0.4, -0.2) is 29.6 Å². The average Bonchev–Trinajstić information content (AvgIpc) is 3.02. The molecule has 0 saturated carbocycles. The molecule has 3 heterocycles. The molecule has 21 heavy (non-hydrogen) atoms. The number of nitrogens with zero attached hydrogens (tertiary/aromatic N) is 4. The summed E-state index contributed by atoms with van der Waals surface area (Å²) in [5.74, 6) is 1.05. The van der Waals surface area contributed by atoms with Gasteiger partial charge in [0, 0.05) is 44.2 Å². The zero-order valence-corrected chi connectivity index (χ0v) is 12.4. The van der Waals surface area contributed by atoms with E-state index in [1.54, 1.807) is 0 Å². The standard InChI is InChI=1S/C15H21N5O/c1-15(18-19-15)7-6-13(21)17-11-12-5-4-8-16-14(12)20-9-2-3-10-20/h4-5,8H,2-3,6-7,9-11H2,1H3,(H,17,21). The predicted molar refractivity (Wildman–Crippen MR) is 80.0 cm³/mol. The number of carbonyl (C=O) groups is 1. The first-order valence-electron chi connectivity index (χ1n) is 7.56. The topological polar surface area (TPSA) is 70.0 Å². The number of aromatic nitrogens is 1. The Morgan fingerprint density at radius 1 is 1.38 bits per heavy atom. The van der Waals surface area contributed by atoms with Crippen LogP contribution in [0.3, 0.4) is 0 Å². The molecule has 0 bridgehead atoms. The second-order valence-electron chi connectivity index (χ2n) is 5.87. The third kappa shape index (κ3) is 3.56. The Labute approximate surface area is 124 Å². The van der Waals surface area contributed by atoms with E-state index in [4.69, 9.17) is 0 Å². The third-order valence-corrected chi connectivity index (χ3v) is 4.02. The highest BCUT2D eigenvalue weighted by Crippen LogP contribution is 2.31. The fourth-order valence-electron chi connectivity index (χ4n) is 2.60. The summed E-state index contributed by atoms with van der Waals surface area (Å²) in [6, 6.07) is 3.96. The zero-order valence-electron chi connectivity index (χ0n) is 12.4. The SMILES string of the molecule is CC1(CCC(=O)NCc2cccnc2N2CCCC2)N=N1. The first-order valence-corrected chi connectivity index (χ1v) is 7.56. The van der Waals surface area contributed by atoms with Crippen molar-refractivity contribution < 1.29 is 4.79 Å². The Kier molecular flexibility index (Phi) is 3.86. The Morgan fingerprint density at radius 3 is 2.86 bits per heavy atom. The molecule has 1 aromatic rings. The number of hydrogen-bond acceptors (Lipinski definition) is 5. The van der Waals surface area contributed by atoms with Gasteiger partial charge in [0.25, 0.3) is 0 Å². The number of hydrogen-bond donors (Lipinski definition) is 1. The maximum atomic E-state index is 11.9. The molecule has 2 aliphatic rings. The first kappa shape index (κ1) is 14.0. The number of rotatable bonds is 6. The van der Waals surface area contributed by atoms with Gasteiger partial charge in [-0.05, 0) is 25.8 Å². The van der Waals surface area contributed by atoms with Gasteiger partial charge in [0.1, 0.15) is 5.82 Å². The molecule has 6 nitrogen and oxygen atoms in total. The van der Waals surface area contributed by atoms with E-state index in [-0.39, 0.29) is 11.6 Å². The van der Waals surface area contributed by atoms with Crippen molar-refractivity contribution in [2.75, 3.05) is 18.0 Å². The summed E-state index contributed by atoms with van der Waals surface area (Å²) in [6.07, 6.45) is 5.39. The van der Waals surface area contributed by atoms with Crippen LogP contribution in [-0.2, 0) is 11.3 Å². The van der Waals surface area contributed by atoms with E-state index in [2.05, 4.69) is 25.4 Å². The average molecular weight is 287 g/mol. The highest BCUT2D eigenvalue weighted by atomic mass is 16.1. The Hall–Kier alpha value is -1.98. The molecule has 0 spiro atoms.